The average molecular weight is 401 g/mol. The van der Waals surface area contributed by atoms with E-state index in [1.807, 2.05) is 24.3 Å². The van der Waals surface area contributed by atoms with Crippen LogP contribution in [0.1, 0.15) is 37.7 Å². The number of anilines is 1. The molecule has 1 fully saturated rings. The molecule has 28 heavy (non-hydrogen) atoms. The number of piperidine rings is 1. The summed E-state index contributed by atoms with van der Waals surface area (Å²) in [6.45, 7) is 6.48. The van der Waals surface area contributed by atoms with Crippen molar-refractivity contribution in [1.29, 1.82) is 0 Å². The lowest BCUT2D eigenvalue weighted by atomic mass is 9.80. The van der Waals surface area contributed by atoms with E-state index >= 15 is 0 Å². The van der Waals surface area contributed by atoms with Gasteiger partial charge in [-0.05, 0) is 73.8 Å². The number of ether oxygens (including phenoxy) is 1. The Morgan fingerprint density at radius 2 is 1.79 bits per heavy atom. The number of nitrogens with zero attached hydrogens (tertiary/aromatic N) is 2. The smallest absolute Gasteiger partial charge is 0.119 e. The molecule has 152 valence electrons. The molecule has 0 radical (unpaired) electrons. The van der Waals surface area contributed by atoms with Crippen LogP contribution in [0.3, 0.4) is 0 Å². The standard InChI is InChI=1S/C24H33ClN2O/c1-4-5-15-27-16-14-24(19-6-10-22(11-7-19)26(2)3)20(17-27)18-28-23-12-8-21(25)9-13-23/h6-13,20,24H,4-5,14-18H2,1-3H3/t20-,24-/m1/s1. The fraction of sp³-hybridized carbons (Fsp3) is 0.500. The number of benzene rings is 2. The Hall–Kier alpha value is -1.71. The van der Waals surface area contributed by atoms with Gasteiger partial charge in [-0.15, -0.1) is 0 Å². The van der Waals surface area contributed by atoms with Crippen molar-refractivity contribution >= 4 is 17.3 Å². The minimum absolute atomic E-state index is 0.492. The molecular formula is C24H33ClN2O. The Morgan fingerprint density at radius 1 is 1.07 bits per heavy atom. The molecule has 0 N–H and O–H groups in total. The lowest BCUT2D eigenvalue weighted by Gasteiger charge is -2.39. The quantitative estimate of drug-likeness (QED) is 0.566. The fourth-order valence-electron chi connectivity index (χ4n) is 4.05. The maximum atomic E-state index is 6.17. The van der Waals surface area contributed by atoms with Crippen LogP contribution in [0.5, 0.6) is 5.75 Å². The summed E-state index contributed by atoms with van der Waals surface area (Å²) in [5.41, 5.74) is 2.68. The van der Waals surface area contributed by atoms with Crippen LogP contribution in [0.15, 0.2) is 48.5 Å². The van der Waals surface area contributed by atoms with Crippen LogP contribution in [-0.2, 0) is 0 Å². The molecule has 3 nitrogen and oxygen atoms in total. The molecule has 2 atom stereocenters. The maximum Gasteiger partial charge on any atom is 0.119 e. The zero-order valence-corrected chi connectivity index (χ0v) is 18.2. The first-order valence-corrected chi connectivity index (χ1v) is 10.8. The van der Waals surface area contributed by atoms with Gasteiger partial charge in [-0.3, -0.25) is 0 Å². The van der Waals surface area contributed by atoms with Crippen molar-refractivity contribution in [3.8, 4) is 5.75 Å². The van der Waals surface area contributed by atoms with Crippen molar-refractivity contribution in [3.05, 3.63) is 59.1 Å². The highest BCUT2D eigenvalue weighted by molar-refractivity contribution is 6.30. The van der Waals surface area contributed by atoms with E-state index < -0.39 is 0 Å². The Morgan fingerprint density at radius 3 is 2.43 bits per heavy atom. The molecule has 3 rings (SSSR count). The molecule has 0 unspecified atom stereocenters. The highest BCUT2D eigenvalue weighted by Crippen LogP contribution is 2.34. The van der Waals surface area contributed by atoms with E-state index in [0.717, 1.165) is 23.9 Å². The molecule has 2 aromatic rings. The van der Waals surface area contributed by atoms with Gasteiger partial charge in [0.1, 0.15) is 5.75 Å². The number of likely N-dealkylation sites (tertiary alicyclic amines) is 1. The van der Waals surface area contributed by atoms with Gasteiger partial charge in [0.25, 0.3) is 0 Å². The average Bonchev–Trinajstić information content (AvgIpc) is 2.72. The van der Waals surface area contributed by atoms with E-state index in [0.29, 0.717) is 11.8 Å². The van der Waals surface area contributed by atoms with Gasteiger partial charge in [0.2, 0.25) is 0 Å². The SMILES string of the molecule is CCCCN1CC[C@H](c2ccc(N(C)C)cc2)[C@@H](COc2ccc(Cl)cc2)C1. The monoisotopic (exact) mass is 400 g/mol. The fourth-order valence-corrected chi connectivity index (χ4v) is 4.18. The normalized spacial score (nSPS) is 20.1. The molecule has 2 aromatic carbocycles. The molecule has 1 saturated heterocycles. The summed E-state index contributed by atoms with van der Waals surface area (Å²) in [5, 5.41) is 0.745. The predicted octanol–water partition coefficient (Wildman–Crippen LogP) is 5.69. The van der Waals surface area contributed by atoms with Gasteiger partial charge in [-0.2, -0.15) is 0 Å². The minimum atomic E-state index is 0.492. The lowest BCUT2D eigenvalue weighted by Crippen LogP contribution is -2.42. The van der Waals surface area contributed by atoms with E-state index in [4.69, 9.17) is 16.3 Å². The summed E-state index contributed by atoms with van der Waals surface area (Å²) in [6, 6.07) is 16.8. The lowest BCUT2D eigenvalue weighted by molar-refractivity contribution is 0.110. The highest BCUT2D eigenvalue weighted by Gasteiger charge is 2.30. The number of unbranched alkanes of at least 4 members (excludes halogenated alkanes) is 1. The van der Waals surface area contributed by atoms with Crippen LogP contribution >= 0.6 is 11.6 Å². The van der Waals surface area contributed by atoms with E-state index in [2.05, 4.69) is 55.1 Å². The van der Waals surface area contributed by atoms with Crippen LogP contribution in [0.25, 0.3) is 0 Å². The van der Waals surface area contributed by atoms with Gasteiger partial charge >= 0.3 is 0 Å². The Bertz CT molecular complexity index is 714. The maximum absolute atomic E-state index is 6.17. The molecular weight excluding hydrogens is 368 g/mol. The third-order valence-electron chi connectivity index (χ3n) is 5.76. The van der Waals surface area contributed by atoms with Crippen molar-refractivity contribution in [1.82, 2.24) is 4.90 Å². The molecule has 0 saturated carbocycles. The zero-order chi connectivity index (χ0) is 19.9. The van der Waals surface area contributed by atoms with Crippen LogP contribution in [0.4, 0.5) is 5.69 Å². The first-order chi connectivity index (χ1) is 13.6. The van der Waals surface area contributed by atoms with Gasteiger partial charge in [0.15, 0.2) is 0 Å². The molecule has 0 spiro atoms. The second-order valence-corrected chi connectivity index (χ2v) is 8.50. The van der Waals surface area contributed by atoms with E-state index in [-0.39, 0.29) is 0 Å². The molecule has 1 heterocycles. The molecule has 0 amide bonds. The molecule has 0 aromatic heterocycles. The summed E-state index contributed by atoms with van der Waals surface area (Å²) in [7, 11) is 4.17. The summed E-state index contributed by atoms with van der Waals surface area (Å²) in [5.74, 6) is 1.93. The molecule has 0 aliphatic carbocycles. The topological polar surface area (TPSA) is 15.7 Å². The van der Waals surface area contributed by atoms with Gasteiger partial charge in [0.05, 0.1) is 6.61 Å². The molecule has 0 bridgehead atoms. The van der Waals surface area contributed by atoms with E-state index in [1.54, 1.807) is 0 Å². The Kier molecular flexibility index (Phi) is 7.64. The summed E-state index contributed by atoms with van der Waals surface area (Å²) >= 11 is 6.00. The minimum Gasteiger partial charge on any atom is -0.493 e. The highest BCUT2D eigenvalue weighted by atomic mass is 35.5. The van der Waals surface area contributed by atoms with Crippen molar-refractivity contribution < 1.29 is 4.74 Å². The van der Waals surface area contributed by atoms with Gasteiger partial charge < -0.3 is 14.5 Å². The third-order valence-corrected chi connectivity index (χ3v) is 6.01. The first kappa shape index (κ1) is 21.0. The number of halogens is 1. The number of rotatable bonds is 8. The molecule has 4 heteroatoms. The van der Waals surface area contributed by atoms with E-state index in [9.17, 15) is 0 Å². The summed E-state index contributed by atoms with van der Waals surface area (Å²) in [4.78, 5) is 4.77. The van der Waals surface area contributed by atoms with Gasteiger partial charge in [0, 0.05) is 37.3 Å². The second kappa shape index (κ2) is 10.2. The van der Waals surface area contributed by atoms with Crippen molar-refractivity contribution in [2.24, 2.45) is 5.92 Å². The zero-order valence-electron chi connectivity index (χ0n) is 17.4. The van der Waals surface area contributed by atoms with Crippen LogP contribution in [-0.4, -0.2) is 45.2 Å². The van der Waals surface area contributed by atoms with Crippen molar-refractivity contribution in [2.45, 2.75) is 32.1 Å². The van der Waals surface area contributed by atoms with Crippen molar-refractivity contribution in [3.63, 3.8) is 0 Å². The Balaban J connectivity index is 1.71. The second-order valence-electron chi connectivity index (χ2n) is 8.06. The largest absolute Gasteiger partial charge is 0.493 e. The molecule has 1 aliphatic heterocycles. The van der Waals surface area contributed by atoms with Crippen LogP contribution in [0.2, 0.25) is 5.02 Å². The van der Waals surface area contributed by atoms with E-state index in [1.165, 1.54) is 43.6 Å². The van der Waals surface area contributed by atoms with Gasteiger partial charge in [-0.25, -0.2) is 0 Å². The Labute approximate surface area is 175 Å². The first-order valence-electron chi connectivity index (χ1n) is 10.4. The van der Waals surface area contributed by atoms with Gasteiger partial charge in [-0.1, -0.05) is 37.1 Å². The summed E-state index contributed by atoms with van der Waals surface area (Å²) in [6.07, 6.45) is 3.71. The third kappa shape index (κ3) is 5.65. The predicted molar refractivity (Wildman–Crippen MR) is 120 cm³/mol. The molecule has 1 aliphatic rings. The van der Waals surface area contributed by atoms with Crippen LogP contribution < -0.4 is 9.64 Å². The van der Waals surface area contributed by atoms with Crippen LogP contribution in [0, 0.1) is 5.92 Å². The summed E-state index contributed by atoms with van der Waals surface area (Å²) < 4.78 is 6.17. The number of hydrogen-bond donors (Lipinski definition) is 0. The number of hydrogen-bond acceptors (Lipinski definition) is 3. The van der Waals surface area contributed by atoms with Crippen molar-refractivity contribution in [2.75, 3.05) is 45.2 Å².